The maximum Gasteiger partial charge on any atom is 0.231 e. The Morgan fingerprint density at radius 3 is 2.71 bits per heavy atom. The number of benzene rings is 2. The van der Waals surface area contributed by atoms with Gasteiger partial charge in [-0.2, -0.15) is 0 Å². The van der Waals surface area contributed by atoms with E-state index in [1.54, 1.807) is 13.2 Å². The molecule has 4 aliphatic rings. The largest absolute Gasteiger partial charge is 0.493 e. The third kappa shape index (κ3) is 3.40. The highest BCUT2D eigenvalue weighted by molar-refractivity contribution is 5.86. The van der Waals surface area contributed by atoms with E-state index in [9.17, 15) is 20.4 Å². The topological polar surface area (TPSA) is 130 Å². The number of methoxy groups -OCH3 is 1. The molecule has 6 rings (SSSR count). The summed E-state index contributed by atoms with van der Waals surface area (Å²) in [4.78, 5) is 2.32. The van der Waals surface area contributed by atoms with Crippen molar-refractivity contribution in [1.82, 2.24) is 4.90 Å². The average Bonchev–Trinajstić information content (AvgIpc) is 3.34. The van der Waals surface area contributed by atoms with Gasteiger partial charge in [-0.1, -0.05) is 0 Å². The summed E-state index contributed by atoms with van der Waals surface area (Å²) in [6, 6.07) is 5.87. The molecule has 10 nitrogen and oxygen atoms in total. The molecule has 0 spiro atoms. The van der Waals surface area contributed by atoms with Crippen molar-refractivity contribution >= 4 is 0 Å². The van der Waals surface area contributed by atoms with Crippen LogP contribution in [0.15, 0.2) is 18.2 Å². The van der Waals surface area contributed by atoms with Crippen molar-refractivity contribution in [2.75, 3.05) is 34.1 Å². The Labute approximate surface area is 202 Å². The second-order valence-corrected chi connectivity index (χ2v) is 9.45. The third-order valence-corrected chi connectivity index (χ3v) is 7.58. The molecule has 3 heterocycles. The second kappa shape index (κ2) is 8.51. The summed E-state index contributed by atoms with van der Waals surface area (Å²) in [6.07, 6.45) is -5.28. The Balaban J connectivity index is 1.44. The van der Waals surface area contributed by atoms with Crippen LogP contribution in [0, 0.1) is 0 Å². The molecule has 2 aromatic rings. The highest BCUT2D eigenvalue weighted by atomic mass is 16.7. The monoisotopic (exact) mass is 487 g/mol. The minimum Gasteiger partial charge on any atom is -0.493 e. The zero-order chi connectivity index (χ0) is 24.4. The van der Waals surface area contributed by atoms with Gasteiger partial charge in [0.1, 0.15) is 24.4 Å². The number of aliphatic hydroxyl groups excluding tert-OH is 4. The van der Waals surface area contributed by atoms with E-state index in [2.05, 4.69) is 18.0 Å². The number of rotatable bonds is 4. The first-order valence-corrected chi connectivity index (χ1v) is 11.8. The molecule has 0 amide bonds. The summed E-state index contributed by atoms with van der Waals surface area (Å²) in [5.74, 6) is 2.29. The van der Waals surface area contributed by atoms with Crippen LogP contribution in [0.4, 0.5) is 0 Å². The number of fused-ring (bicyclic) bond motifs is 4. The molecule has 6 atom stereocenters. The lowest BCUT2D eigenvalue weighted by Gasteiger charge is -2.41. The van der Waals surface area contributed by atoms with Gasteiger partial charge in [0.15, 0.2) is 23.0 Å². The van der Waals surface area contributed by atoms with Gasteiger partial charge in [-0.05, 0) is 54.8 Å². The Kier molecular flexibility index (Phi) is 5.55. The summed E-state index contributed by atoms with van der Waals surface area (Å²) in [7, 11) is 3.66. The van der Waals surface area contributed by atoms with Gasteiger partial charge in [0.05, 0.1) is 13.7 Å². The van der Waals surface area contributed by atoms with Crippen molar-refractivity contribution in [3.05, 3.63) is 34.9 Å². The van der Waals surface area contributed by atoms with E-state index >= 15 is 0 Å². The normalized spacial score (nSPS) is 31.0. The van der Waals surface area contributed by atoms with Crippen LogP contribution in [0.1, 0.15) is 22.7 Å². The molecule has 188 valence electrons. The number of ether oxygens (including phenoxy) is 5. The summed E-state index contributed by atoms with van der Waals surface area (Å²) in [5.41, 5.74) is 5.41. The second-order valence-electron chi connectivity index (χ2n) is 9.45. The van der Waals surface area contributed by atoms with Gasteiger partial charge in [-0.25, -0.2) is 0 Å². The molecule has 1 fully saturated rings. The van der Waals surface area contributed by atoms with Crippen LogP contribution in [-0.2, 0) is 17.6 Å². The molecule has 0 saturated carbocycles. The van der Waals surface area contributed by atoms with Crippen LogP contribution in [0.2, 0.25) is 0 Å². The number of nitrogens with zero attached hydrogens (tertiary/aromatic N) is 1. The minimum absolute atomic E-state index is 0.118. The fourth-order valence-corrected chi connectivity index (χ4v) is 5.74. The van der Waals surface area contributed by atoms with Crippen molar-refractivity contribution in [3.8, 4) is 34.1 Å². The summed E-state index contributed by atoms with van der Waals surface area (Å²) < 4.78 is 29.0. The molecule has 4 N–H and O–H groups in total. The first kappa shape index (κ1) is 22.8. The molecular formula is C25H29NO9. The standard InChI is InChI=1S/C25H29NO9/c1-26-6-5-11-7-16-24(33-10-32-16)19-12-3-4-15(23(31-2)13(12)8-14(26)18(11)19)34-25-22(30)21(29)20(28)17(9-27)35-25/h3-4,7,14,17,20-22,25,27-30H,5-6,8-10H2,1-2H3. The molecule has 0 aromatic heterocycles. The van der Waals surface area contributed by atoms with Crippen LogP contribution in [0.3, 0.4) is 0 Å². The number of aliphatic hydroxyl groups is 4. The fraction of sp³-hybridized carbons (Fsp3) is 0.520. The highest BCUT2D eigenvalue weighted by Crippen LogP contribution is 2.56. The van der Waals surface area contributed by atoms with Crippen molar-refractivity contribution in [2.24, 2.45) is 0 Å². The zero-order valence-corrected chi connectivity index (χ0v) is 19.5. The lowest BCUT2D eigenvalue weighted by Crippen LogP contribution is -2.60. The quantitative estimate of drug-likeness (QED) is 0.479. The van der Waals surface area contributed by atoms with E-state index in [-0.39, 0.29) is 12.8 Å². The summed E-state index contributed by atoms with van der Waals surface area (Å²) in [5, 5.41) is 40.2. The fourth-order valence-electron chi connectivity index (χ4n) is 5.74. The molecule has 0 radical (unpaired) electrons. The van der Waals surface area contributed by atoms with Gasteiger partial charge in [-0.3, -0.25) is 4.90 Å². The molecule has 10 heteroatoms. The Morgan fingerprint density at radius 2 is 1.94 bits per heavy atom. The van der Waals surface area contributed by atoms with E-state index in [1.807, 2.05) is 6.07 Å². The van der Waals surface area contributed by atoms with Crippen molar-refractivity contribution < 1.29 is 44.1 Å². The smallest absolute Gasteiger partial charge is 0.231 e. The molecular weight excluding hydrogens is 458 g/mol. The predicted octanol–water partition coefficient (Wildman–Crippen LogP) is 0.355. The van der Waals surface area contributed by atoms with Crippen LogP contribution in [-0.4, -0.2) is 90.1 Å². The van der Waals surface area contributed by atoms with Crippen LogP contribution < -0.4 is 18.9 Å². The van der Waals surface area contributed by atoms with Crippen molar-refractivity contribution in [1.29, 1.82) is 0 Å². The van der Waals surface area contributed by atoms with Gasteiger partial charge in [0.25, 0.3) is 0 Å². The Bertz CT molecular complexity index is 1150. The SMILES string of the molecule is COc1c(OC2OC(CO)C(O)C(O)C2O)ccc2c1CC1c3c(cc4c(c3-2)OCO4)CCN1C. The molecule has 3 aliphatic heterocycles. The summed E-state index contributed by atoms with van der Waals surface area (Å²) in [6.45, 7) is 0.554. The minimum atomic E-state index is -1.53. The Morgan fingerprint density at radius 1 is 1.11 bits per heavy atom. The van der Waals surface area contributed by atoms with Crippen LogP contribution in [0.25, 0.3) is 11.1 Å². The molecule has 35 heavy (non-hydrogen) atoms. The molecule has 1 aliphatic carbocycles. The van der Waals surface area contributed by atoms with Gasteiger partial charge in [0.2, 0.25) is 13.1 Å². The summed E-state index contributed by atoms with van der Waals surface area (Å²) >= 11 is 0. The van der Waals surface area contributed by atoms with E-state index in [4.69, 9.17) is 23.7 Å². The average molecular weight is 488 g/mol. The van der Waals surface area contributed by atoms with E-state index in [1.165, 1.54) is 11.1 Å². The predicted molar refractivity (Wildman–Crippen MR) is 122 cm³/mol. The lowest BCUT2D eigenvalue weighted by atomic mass is 9.76. The Hall–Kier alpha value is -2.60. The van der Waals surface area contributed by atoms with Crippen molar-refractivity contribution in [3.63, 3.8) is 0 Å². The van der Waals surface area contributed by atoms with Gasteiger partial charge in [-0.15, -0.1) is 0 Å². The number of hydrogen-bond acceptors (Lipinski definition) is 10. The van der Waals surface area contributed by atoms with E-state index < -0.39 is 37.3 Å². The van der Waals surface area contributed by atoms with Crippen LogP contribution in [0.5, 0.6) is 23.0 Å². The van der Waals surface area contributed by atoms with Crippen molar-refractivity contribution in [2.45, 2.75) is 49.6 Å². The highest BCUT2D eigenvalue weighted by Gasteiger charge is 2.45. The molecule has 6 unspecified atom stereocenters. The zero-order valence-electron chi connectivity index (χ0n) is 19.5. The van der Waals surface area contributed by atoms with Crippen LogP contribution >= 0.6 is 0 Å². The molecule has 2 aromatic carbocycles. The van der Waals surface area contributed by atoms with E-state index in [0.29, 0.717) is 17.9 Å². The first-order valence-electron chi connectivity index (χ1n) is 11.8. The maximum atomic E-state index is 10.5. The molecule has 0 bridgehead atoms. The van der Waals surface area contributed by atoms with Gasteiger partial charge >= 0.3 is 0 Å². The van der Waals surface area contributed by atoms with Gasteiger partial charge < -0.3 is 44.1 Å². The van der Waals surface area contributed by atoms with E-state index in [0.717, 1.165) is 41.2 Å². The number of likely N-dealkylation sites (N-methyl/N-ethyl adjacent to an activating group) is 1. The number of hydrogen-bond donors (Lipinski definition) is 4. The molecule has 1 saturated heterocycles. The lowest BCUT2D eigenvalue weighted by molar-refractivity contribution is -0.277. The first-order chi connectivity index (χ1) is 16.9. The maximum absolute atomic E-state index is 10.5. The van der Waals surface area contributed by atoms with Gasteiger partial charge in [0, 0.05) is 23.7 Å². The third-order valence-electron chi connectivity index (χ3n) is 7.58.